The maximum atomic E-state index is 12.5. The third-order valence-electron chi connectivity index (χ3n) is 3.66. The van der Waals surface area contributed by atoms with E-state index in [1.54, 1.807) is 23.1 Å². The first kappa shape index (κ1) is 16.1. The zero-order valence-corrected chi connectivity index (χ0v) is 13.8. The summed E-state index contributed by atoms with van der Waals surface area (Å²) >= 11 is 6.49. The van der Waals surface area contributed by atoms with E-state index < -0.39 is 4.92 Å². The van der Waals surface area contributed by atoms with Gasteiger partial charge in [0.25, 0.3) is 11.6 Å². The van der Waals surface area contributed by atoms with Crippen LogP contribution in [-0.4, -0.2) is 39.3 Å². The number of ether oxygens (including phenoxy) is 1. The molecule has 1 atom stereocenters. The van der Waals surface area contributed by atoms with E-state index >= 15 is 0 Å². The summed E-state index contributed by atoms with van der Waals surface area (Å²) < 4.78 is 6.05. The number of benzene rings is 1. The first-order chi connectivity index (χ1) is 11.0. The third kappa shape index (κ3) is 3.60. The Labute approximate surface area is 142 Å². The molecule has 1 aromatic rings. The molecule has 0 aliphatic carbocycles. The Morgan fingerprint density at radius 1 is 1.52 bits per heavy atom. The Hall–Kier alpha value is -1.77. The SMILES string of the molecule is O=C1/C(=C/c2cccc([N+](=O)[O-])c2)SC(=S)N1CC1CCCO1. The quantitative estimate of drug-likeness (QED) is 0.360. The molecule has 6 nitrogen and oxygen atoms in total. The molecule has 2 aliphatic rings. The number of thiocarbonyl (C=S) groups is 1. The predicted octanol–water partition coefficient (Wildman–Crippen LogP) is 2.98. The molecule has 1 unspecified atom stereocenters. The number of nitrogens with zero attached hydrogens (tertiary/aromatic N) is 2. The number of carbonyl (C=O) groups is 1. The van der Waals surface area contributed by atoms with Crippen LogP contribution in [0.3, 0.4) is 0 Å². The summed E-state index contributed by atoms with van der Waals surface area (Å²) in [6.45, 7) is 1.19. The number of nitro groups is 1. The molecular weight excluding hydrogens is 336 g/mol. The van der Waals surface area contributed by atoms with Crippen molar-refractivity contribution in [2.75, 3.05) is 13.2 Å². The second kappa shape index (κ2) is 6.77. The Morgan fingerprint density at radius 3 is 3.04 bits per heavy atom. The highest BCUT2D eigenvalue weighted by atomic mass is 32.2. The van der Waals surface area contributed by atoms with Crippen molar-refractivity contribution in [3.8, 4) is 0 Å². The Kier molecular flexibility index (Phi) is 4.74. The summed E-state index contributed by atoms with van der Waals surface area (Å²) in [5.74, 6) is -0.165. The van der Waals surface area contributed by atoms with Crippen LogP contribution in [0.4, 0.5) is 5.69 Å². The van der Waals surface area contributed by atoms with Gasteiger partial charge in [-0.25, -0.2) is 0 Å². The van der Waals surface area contributed by atoms with Gasteiger partial charge in [-0.05, 0) is 24.5 Å². The zero-order valence-electron chi connectivity index (χ0n) is 12.1. The highest BCUT2D eigenvalue weighted by molar-refractivity contribution is 8.26. The van der Waals surface area contributed by atoms with Crippen LogP contribution in [0, 0.1) is 10.1 Å². The molecular formula is C15H14N2O4S2. The summed E-state index contributed by atoms with van der Waals surface area (Å²) in [5.41, 5.74) is 0.602. The second-order valence-corrected chi connectivity index (χ2v) is 6.96. The highest BCUT2D eigenvalue weighted by Gasteiger charge is 2.34. The summed E-state index contributed by atoms with van der Waals surface area (Å²) in [5, 5.41) is 10.8. The second-order valence-electron chi connectivity index (χ2n) is 5.28. The van der Waals surface area contributed by atoms with Gasteiger partial charge in [0.2, 0.25) is 0 Å². The molecule has 2 heterocycles. The number of hydrogen-bond donors (Lipinski definition) is 0. The molecule has 0 aromatic heterocycles. The fraction of sp³-hybridized carbons (Fsp3) is 0.333. The van der Waals surface area contributed by atoms with Gasteiger partial charge in [-0.15, -0.1) is 0 Å². The zero-order chi connectivity index (χ0) is 16.4. The number of nitro benzene ring substituents is 1. The fourth-order valence-corrected chi connectivity index (χ4v) is 3.80. The Bertz CT molecular complexity index is 698. The molecule has 0 radical (unpaired) electrons. The van der Waals surface area contributed by atoms with Crippen LogP contribution >= 0.6 is 24.0 Å². The molecule has 8 heteroatoms. The van der Waals surface area contributed by atoms with Crippen molar-refractivity contribution in [2.24, 2.45) is 0 Å². The van der Waals surface area contributed by atoms with Crippen LogP contribution in [0.5, 0.6) is 0 Å². The lowest BCUT2D eigenvalue weighted by molar-refractivity contribution is -0.384. The number of amides is 1. The lowest BCUT2D eigenvalue weighted by Gasteiger charge is -2.18. The van der Waals surface area contributed by atoms with Crippen LogP contribution in [0.2, 0.25) is 0 Å². The van der Waals surface area contributed by atoms with Crippen LogP contribution < -0.4 is 0 Å². The first-order valence-corrected chi connectivity index (χ1v) is 8.38. The molecule has 23 heavy (non-hydrogen) atoms. The average Bonchev–Trinajstić information content (AvgIpc) is 3.12. The smallest absolute Gasteiger partial charge is 0.270 e. The van der Waals surface area contributed by atoms with E-state index in [0.29, 0.717) is 21.3 Å². The van der Waals surface area contributed by atoms with E-state index in [1.165, 1.54) is 23.9 Å². The lowest BCUT2D eigenvalue weighted by atomic mass is 10.2. The van der Waals surface area contributed by atoms with Crippen LogP contribution in [-0.2, 0) is 9.53 Å². The first-order valence-electron chi connectivity index (χ1n) is 7.16. The summed E-state index contributed by atoms with van der Waals surface area (Å²) in [4.78, 5) is 24.9. The number of carbonyl (C=O) groups excluding carboxylic acids is 1. The van der Waals surface area contributed by atoms with Gasteiger partial charge < -0.3 is 4.74 Å². The van der Waals surface area contributed by atoms with E-state index in [0.717, 1.165) is 19.4 Å². The molecule has 120 valence electrons. The molecule has 2 saturated heterocycles. The molecule has 2 fully saturated rings. The largest absolute Gasteiger partial charge is 0.376 e. The van der Waals surface area contributed by atoms with Gasteiger partial charge in [0.1, 0.15) is 4.32 Å². The van der Waals surface area contributed by atoms with Gasteiger partial charge in [0.05, 0.1) is 22.5 Å². The monoisotopic (exact) mass is 350 g/mol. The van der Waals surface area contributed by atoms with E-state index in [1.807, 2.05) is 0 Å². The lowest BCUT2D eigenvalue weighted by Crippen LogP contribution is -2.35. The maximum Gasteiger partial charge on any atom is 0.270 e. The number of non-ortho nitro benzene ring substituents is 1. The highest BCUT2D eigenvalue weighted by Crippen LogP contribution is 2.33. The average molecular weight is 350 g/mol. The van der Waals surface area contributed by atoms with Gasteiger partial charge in [-0.1, -0.05) is 36.1 Å². The topological polar surface area (TPSA) is 72.7 Å². The summed E-state index contributed by atoms with van der Waals surface area (Å²) in [6.07, 6.45) is 3.61. The van der Waals surface area contributed by atoms with E-state index in [9.17, 15) is 14.9 Å². The van der Waals surface area contributed by atoms with Crippen molar-refractivity contribution in [1.82, 2.24) is 4.90 Å². The normalized spacial score (nSPS) is 23.0. The molecule has 1 amide bonds. The van der Waals surface area contributed by atoms with Crippen LogP contribution in [0.1, 0.15) is 18.4 Å². The van der Waals surface area contributed by atoms with Crippen molar-refractivity contribution >= 4 is 46.0 Å². The van der Waals surface area contributed by atoms with Crippen molar-refractivity contribution in [3.05, 3.63) is 44.8 Å². The maximum absolute atomic E-state index is 12.5. The van der Waals surface area contributed by atoms with Crippen molar-refractivity contribution in [2.45, 2.75) is 18.9 Å². The number of rotatable bonds is 4. The number of thioether (sulfide) groups is 1. The fourth-order valence-electron chi connectivity index (χ4n) is 2.53. The van der Waals surface area contributed by atoms with Crippen LogP contribution in [0.15, 0.2) is 29.2 Å². The van der Waals surface area contributed by atoms with Gasteiger partial charge in [-0.3, -0.25) is 19.8 Å². The standard InChI is InChI=1S/C15H14N2O4S2/c18-14-13(8-10-3-1-4-11(7-10)17(19)20)23-15(22)16(14)9-12-5-2-6-21-12/h1,3-4,7-8,12H,2,5-6,9H2/b13-8-. The minimum absolute atomic E-state index is 0.00594. The van der Waals surface area contributed by atoms with Gasteiger partial charge in [-0.2, -0.15) is 0 Å². The van der Waals surface area contributed by atoms with Crippen molar-refractivity contribution in [1.29, 1.82) is 0 Å². The van der Waals surface area contributed by atoms with Gasteiger partial charge >= 0.3 is 0 Å². The molecule has 3 rings (SSSR count). The molecule has 1 aromatic carbocycles. The third-order valence-corrected chi connectivity index (χ3v) is 5.04. The predicted molar refractivity (Wildman–Crippen MR) is 91.9 cm³/mol. The molecule has 0 saturated carbocycles. The van der Waals surface area contributed by atoms with Gasteiger partial charge in [0.15, 0.2) is 0 Å². The Morgan fingerprint density at radius 2 is 2.35 bits per heavy atom. The van der Waals surface area contributed by atoms with E-state index in [2.05, 4.69) is 0 Å². The number of hydrogen-bond acceptors (Lipinski definition) is 6. The van der Waals surface area contributed by atoms with Crippen molar-refractivity contribution < 1.29 is 14.5 Å². The van der Waals surface area contributed by atoms with Crippen LogP contribution in [0.25, 0.3) is 6.08 Å². The molecule has 0 N–H and O–H groups in total. The molecule has 0 bridgehead atoms. The minimum Gasteiger partial charge on any atom is -0.376 e. The molecule has 0 spiro atoms. The molecule has 2 aliphatic heterocycles. The van der Waals surface area contributed by atoms with E-state index in [4.69, 9.17) is 17.0 Å². The summed E-state index contributed by atoms with van der Waals surface area (Å²) in [7, 11) is 0. The summed E-state index contributed by atoms with van der Waals surface area (Å²) in [6, 6.07) is 6.17. The minimum atomic E-state index is -0.458. The van der Waals surface area contributed by atoms with E-state index in [-0.39, 0.29) is 17.7 Å². The van der Waals surface area contributed by atoms with Crippen molar-refractivity contribution in [3.63, 3.8) is 0 Å². The Balaban J connectivity index is 1.78. The van der Waals surface area contributed by atoms with Gasteiger partial charge in [0, 0.05) is 18.7 Å².